The predicted octanol–water partition coefficient (Wildman–Crippen LogP) is 5.32. The Morgan fingerprint density at radius 2 is 1.11 bits per heavy atom. The number of fused-ring (bicyclic) bond motifs is 2. The standard InChI is InChI=1S/C29H24O7/c1-13-8-15(4-7-21(13)33)28-27-19-9-17(31)11-22(34)25(19)24(14-2-5-16(30)6-3-14)29(36-28)20-10-18(32)12-23(35)26(20)27/h2-12,24,27-35H,1H3/t24-,27+,28?,29+/m1/s1. The topological polar surface area (TPSA) is 131 Å². The van der Waals surface area contributed by atoms with Crippen molar-refractivity contribution < 1.29 is 35.4 Å². The maximum absolute atomic E-state index is 11.1. The third-order valence-electron chi connectivity index (χ3n) is 7.31. The molecule has 7 heteroatoms. The second-order valence-corrected chi connectivity index (χ2v) is 9.51. The van der Waals surface area contributed by atoms with E-state index in [4.69, 9.17) is 4.74 Å². The van der Waals surface area contributed by atoms with Gasteiger partial charge < -0.3 is 35.4 Å². The molecule has 1 unspecified atom stereocenters. The van der Waals surface area contributed by atoms with Crippen LogP contribution in [-0.2, 0) is 4.74 Å². The molecule has 0 saturated carbocycles. The minimum atomic E-state index is -0.741. The van der Waals surface area contributed by atoms with E-state index in [0.29, 0.717) is 27.8 Å². The lowest BCUT2D eigenvalue weighted by atomic mass is 9.79. The molecule has 4 aromatic rings. The third kappa shape index (κ3) is 3.24. The zero-order valence-corrected chi connectivity index (χ0v) is 19.3. The highest BCUT2D eigenvalue weighted by atomic mass is 16.5. The summed E-state index contributed by atoms with van der Waals surface area (Å²) >= 11 is 0. The van der Waals surface area contributed by atoms with Gasteiger partial charge in [0.1, 0.15) is 34.5 Å². The lowest BCUT2D eigenvalue weighted by molar-refractivity contribution is -0.0396. The van der Waals surface area contributed by atoms with E-state index in [-0.39, 0.29) is 34.5 Å². The van der Waals surface area contributed by atoms with Crippen molar-refractivity contribution >= 4 is 0 Å². The van der Waals surface area contributed by atoms with Gasteiger partial charge in [0.15, 0.2) is 0 Å². The van der Waals surface area contributed by atoms with Crippen LogP contribution in [0.3, 0.4) is 0 Å². The van der Waals surface area contributed by atoms with Gasteiger partial charge in [-0.25, -0.2) is 0 Å². The normalized spacial score (nSPS) is 22.0. The first-order chi connectivity index (χ1) is 17.2. The number of aryl methyl sites for hydroxylation is 1. The summed E-state index contributed by atoms with van der Waals surface area (Å²) < 4.78 is 6.74. The lowest BCUT2D eigenvalue weighted by Crippen LogP contribution is -2.25. The van der Waals surface area contributed by atoms with E-state index in [9.17, 15) is 30.6 Å². The van der Waals surface area contributed by atoms with Crippen molar-refractivity contribution in [2.45, 2.75) is 31.0 Å². The van der Waals surface area contributed by atoms with Crippen LogP contribution < -0.4 is 0 Å². The van der Waals surface area contributed by atoms with Gasteiger partial charge in [-0.2, -0.15) is 0 Å². The van der Waals surface area contributed by atoms with Crippen LogP contribution in [0, 0.1) is 6.92 Å². The third-order valence-corrected chi connectivity index (χ3v) is 7.31. The number of ether oxygens (including phenoxy) is 1. The van der Waals surface area contributed by atoms with Gasteiger partial charge in [0, 0.05) is 35.1 Å². The summed E-state index contributed by atoms with van der Waals surface area (Å²) in [5.74, 6) is -1.51. The minimum Gasteiger partial charge on any atom is -0.508 e. The Kier molecular flexibility index (Phi) is 4.81. The molecule has 6 N–H and O–H groups in total. The first kappa shape index (κ1) is 22.1. The molecule has 1 aliphatic carbocycles. The second-order valence-electron chi connectivity index (χ2n) is 9.51. The van der Waals surface area contributed by atoms with Crippen LogP contribution in [0.1, 0.15) is 63.0 Å². The quantitative estimate of drug-likeness (QED) is 0.227. The second kappa shape index (κ2) is 7.83. The number of benzene rings is 4. The van der Waals surface area contributed by atoms with Gasteiger partial charge in [0.25, 0.3) is 0 Å². The summed E-state index contributed by atoms with van der Waals surface area (Å²) in [5, 5.41) is 63.1. The Morgan fingerprint density at radius 1 is 0.528 bits per heavy atom. The Hall–Kier alpha value is -4.36. The fourth-order valence-electron chi connectivity index (χ4n) is 5.80. The highest BCUT2D eigenvalue weighted by molar-refractivity contribution is 5.64. The van der Waals surface area contributed by atoms with Crippen molar-refractivity contribution in [2.24, 2.45) is 0 Å². The van der Waals surface area contributed by atoms with Crippen LogP contribution in [0.25, 0.3) is 0 Å². The highest BCUT2D eigenvalue weighted by Crippen LogP contribution is 2.63. The van der Waals surface area contributed by atoms with E-state index in [1.807, 2.05) is 6.07 Å². The molecule has 36 heavy (non-hydrogen) atoms. The fraction of sp³-hybridized carbons (Fsp3) is 0.172. The van der Waals surface area contributed by atoms with Crippen molar-refractivity contribution in [3.8, 4) is 34.5 Å². The van der Waals surface area contributed by atoms with Crippen LogP contribution in [0.2, 0.25) is 0 Å². The van der Waals surface area contributed by atoms with Crippen LogP contribution in [0.4, 0.5) is 0 Å². The molecule has 4 atom stereocenters. The van der Waals surface area contributed by atoms with Crippen LogP contribution in [-0.4, -0.2) is 30.6 Å². The molecule has 0 radical (unpaired) electrons. The van der Waals surface area contributed by atoms with Crippen molar-refractivity contribution in [1.82, 2.24) is 0 Å². The van der Waals surface area contributed by atoms with E-state index >= 15 is 0 Å². The summed E-state index contributed by atoms with van der Waals surface area (Å²) in [5.41, 5.74) is 4.34. The zero-order valence-electron chi connectivity index (χ0n) is 19.3. The van der Waals surface area contributed by atoms with Crippen LogP contribution in [0.5, 0.6) is 34.5 Å². The summed E-state index contributed by atoms with van der Waals surface area (Å²) in [6, 6.07) is 17.4. The van der Waals surface area contributed by atoms with Gasteiger partial charge in [0.05, 0.1) is 12.2 Å². The van der Waals surface area contributed by atoms with E-state index in [0.717, 1.165) is 11.1 Å². The average molecular weight is 485 g/mol. The van der Waals surface area contributed by atoms with E-state index in [2.05, 4.69) is 0 Å². The lowest BCUT2D eigenvalue weighted by Gasteiger charge is -2.38. The first-order valence-electron chi connectivity index (χ1n) is 11.6. The Morgan fingerprint density at radius 3 is 1.75 bits per heavy atom. The number of hydrogen-bond donors (Lipinski definition) is 6. The van der Waals surface area contributed by atoms with Crippen LogP contribution in [0.15, 0.2) is 66.7 Å². The molecule has 0 fully saturated rings. The molecule has 182 valence electrons. The molecule has 0 spiro atoms. The van der Waals surface area contributed by atoms with Crippen molar-refractivity contribution in [3.63, 3.8) is 0 Å². The Balaban J connectivity index is 1.71. The maximum Gasteiger partial charge on any atom is 0.123 e. The van der Waals surface area contributed by atoms with Crippen molar-refractivity contribution in [2.75, 3.05) is 0 Å². The van der Waals surface area contributed by atoms with Gasteiger partial charge in [-0.3, -0.25) is 0 Å². The molecule has 0 aromatic heterocycles. The summed E-state index contributed by atoms with van der Waals surface area (Å²) in [6.45, 7) is 1.78. The smallest absolute Gasteiger partial charge is 0.123 e. The van der Waals surface area contributed by atoms with Gasteiger partial charge in [-0.05, 0) is 71.1 Å². The molecule has 1 aliphatic heterocycles. The van der Waals surface area contributed by atoms with E-state index < -0.39 is 24.0 Å². The number of phenolic OH excluding ortho intramolecular Hbond substituents is 6. The molecular weight excluding hydrogens is 460 g/mol. The molecular formula is C29H24O7. The fourth-order valence-corrected chi connectivity index (χ4v) is 5.80. The minimum absolute atomic E-state index is 0.0841. The van der Waals surface area contributed by atoms with Crippen LogP contribution >= 0.6 is 0 Å². The Bertz CT molecular complexity index is 1510. The SMILES string of the molecule is Cc1cc(C2O[C@H]3c4cc(O)cc(O)c4[C@@H]2c2cc(O)cc(O)c2[C@H]3c2ccc(O)cc2)ccc1O. The predicted molar refractivity (Wildman–Crippen MR) is 131 cm³/mol. The molecule has 1 heterocycles. The molecule has 0 saturated heterocycles. The molecule has 0 amide bonds. The summed E-state index contributed by atoms with van der Waals surface area (Å²) in [4.78, 5) is 0. The highest BCUT2D eigenvalue weighted by Gasteiger charge is 2.49. The molecule has 2 aliphatic rings. The molecule has 4 aromatic carbocycles. The maximum atomic E-state index is 11.1. The number of phenols is 6. The van der Waals surface area contributed by atoms with Crippen molar-refractivity contribution in [1.29, 1.82) is 0 Å². The first-order valence-corrected chi connectivity index (χ1v) is 11.6. The van der Waals surface area contributed by atoms with Gasteiger partial charge in [-0.1, -0.05) is 18.2 Å². The van der Waals surface area contributed by atoms with Gasteiger partial charge >= 0.3 is 0 Å². The summed E-state index contributed by atoms with van der Waals surface area (Å²) in [7, 11) is 0. The monoisotopic (exact) mass is 484 g/mol. The van der Waals surface area contributed by atoms with Gasteiger partial charge in [-0.15, -0.1) is 0 Å². The molecule has 2 bridgehead atoms. The average Bonchev–Trinajstić information content (AvgIpc) is 3.03. The number of aromatic hydroxyl groups is 6. The number of hydrogen-bond acceptors (Lipinski definition) is 7. The van der Waals surface area contributed by atoms with E-state index in [1.54, 1.807) is 55.5 Å². The summed E-state index contributed by atoms with van der Waals surface area (Å²) in [6.07, 6.45) is -1.38. The number of rotatable bonds is 2. The largest absolute Gasteiger partial charge is 0.508 e. The Labute approximate surface area is 206 Å². The van der Waals surface area contributed by atoms with Crippen molar-refractivity contribution in [3.05, 3.63) is 106 Å². The molecule has 6 rings (SSSR count). The van der Waals surface area contributed by atoms with E-state index in [1.165, 1.54) is 12.1 Å². The van der Waals surface area contributed by atoms with Gasteiger partial charge in [0.2, 0.25) is 0 Å². The zero-order chi connectivity index (χ0) is 25.3. The molecule has 7 nitrogen and oxygen atoms in total.